The van der Waals surface area contributed by atoms with E-state index < -0.39 is 0 Å². The zero-order valence-corrected chi connectivity index (χ0v) is 10.2. The topological polar surface area (TPSA) is 56.2 Å². The van der Waals surface area contributed by atoms with Crippen molar-refractivity contribution < 1.29 is 9.53 Å². The van der Waals surface area contributed by atoms with Crippen molar-refractivity contribution in [2.24, 2.45) is 0 Å². The molecule has 5 heteroatoms. The van der Waals surface area contributed by atoms with Crippen LogP contribution in [0.15, 0.2) is 12.5 Å². The molecule has 2 heterocycles. The Morgan fingerprint density at radius 1 is 1.65 bits per heavy atom. The van der Waals surface area contributed by atoms with Crippen LogP contribution in [0.1, 0.15) is 31.4 Å². The van der Waals surface area contributed by atoms with Crippen LogP contribution in [0.4, 0.5) is 0 Å². The van der Waals surface area contributed by atoms with Crippen LogP contribution in [-0.4, -0.2) is 35.2 Å². The van der Waals surface area contributed by atoms with Crippen LogP contribution < -0.4 is 5.32 Å². The second kappa shape index (κ2) is 5.82. The van der Waals surface area contributed by atoms with E-state index in [0.717, 1.165) is 26.1 Å². The summed E-state index contributed by atoms with van der Waals surface area (Å²) in [4.78, 5) is 15.4. The van der Waals surface area contributed by atoms with Crippen LogP contribution >= 0.6 is 0 Å². The first kappa shape index (κ1) is 12.1. The Morgan fingerprint density at radius 2 is 2.47 bits per heavy atom. The Bertz CT molecular complexity index is 372. The number of imidazole rings is 1. The molecule has 1 aliphatic rings. The summed E-state index contributed by atoms with van der Waals surface area (Å²) in [6.07, 6.45) is 5.06. The van der Waals surface area contributed by atoms with Gasteiger partial charge < -0.3 is 14.6 Å². The lowest BCUT2D eigenvalue weighted by molar-refractivity contribution is -0.143. The molecule has 5 nitrogen and oxygen atoms in total. The van der Waals surface area contributed by atoms with E-state index in [9.17, 15) is 4.79 Å². The molecule has 17 heavy (non-hydrogen) atoms. The molecule has 1 aromatic rings. The molecular formula is C12H19N3O2. The van der Waals surface area contributed by atoms with Crippen molar-refractivity contribution in [3.63, 3.8) is 0 Å². The predicted molar refractivity (Wildman–Crippen MR) is 63.7 cm³/mol. The van der Waals surface area contributed by atoms with E-state index in [1.54, 1.807) is 0 Å². The van der Waals surface area contributed by atoms with E-state index in [0.29, 0.717) is 18.9 Å². The molecule has 0 spiro atoms. The first-order valence-electron chi connectivity index (χ1n) is 6.17. The zero-order chi connectivity index (χ0) is 12.1. The normalized spacial score (nSPS) is 15.6. The van der Waals surface area contributed by atoms with Gasteiger partial charge in [0.05, 0.1) is 12.9 Å². The molecule has 1 N–H and O–H groups in total. The Hall–Kier alpha value is -1.36. The molecule has 1 aromatic heterocycles. The highest BCUT2D eigenvalue weighted by molar-refractivity contribution is 5.69. The second-order valence-corrected chi connectivity index (χ2v) is 4.28. The van der Waals surface area contributed by atoms with Gasteiger partial charge in [-0.2, -0.15) is 0 Å². The van der Waals surface area contributed by atoms with E-state index in [1.165, 1.54) is 5.69 Å². The molecular weight excluding hydrogens is 218 g/mol. The largest absolute Gasteiger partial charge is 0.466 e. The molecule has 1 fully saturated rings. The lowest BCUT2D eigenvalue weighted by Crippen LogP contribution is -2.40. The van der Waals surface area contributed by atoms with Gasteiger partial charge in [0, 0.05) is 43.9 Å². The number of hydrogen-bond donors (Lipinski definition) is 1. The molecule has 0 saturated carbocycles. The van der Waals surface area contributed by atoms with Gasteiger partial charge in [0.15, 0.2) is 0 Å². The second-order valence-electron chi connectivity index (χ2n) is 4.28. The minimum Gasteiger partial charge on any atom is -0.466 e. The molecule has 2 rings (SSSR count). The molecule has 0 bridgehead atoms. The van der Waals surface area contributed by atoms with Crippen LogP contribution in [0.25, 0.3) is 0 Å². The quantitative estimate of drug-likeness (QED) is 0.747. The fourth-order valence-corrected chi connectivity index (χ4v) is 1.98. The number of nitrogens with one attached hydrogen (secondary N) is 1. The van der Waals surface area contributed by atoms with Crippen molar-refractivity contribution in [2.75, 3.05) is 19.7 Å². The van der Waals surface area contributed by atoms with Gasteiger partial charge in [-0.15, -0.1) is 0 Å². The summed E-state index contributed by atoms with van der Waals surface area (Å²) in [5.74, 6) is 0.472. The maximum atomic E-state index is 11.2. The lowest BCUT2D eigenvalue weighted by atomic mass is 10.00. The van der Waals surface area contributed by atoms with Gasteiger partial charge in [-0.25, -0.2) is 4.98 Å². The van der Waals surface area contributed by atoms with Crippen LogP contribution in [0.3, 0.4) is 0 Å². The van der Waals surface area contributed by atoms with Gasteiger partial charge in [-0.3, -0.25) is 4.79 Å². The SMILES string of the molecule is CCOC(=O)CCCn1cncc1C1CNC1. The Labute approximate surface area is 101 Å². The third kappa shape index (κ3) is 3.06. The third-order valence-electron chi connectivity index (χ3n) is 3.03. The predicted octanol–water partition coefficient (Wildman–Crippen LogP) is 0.913. The van der Waals surface area contributed by atoms with Crippen molar-refractivity contribution in [3.8, 4) is 0 Å². The van der Waals surface area contributed by atoms with Crippen molar-refractivity contribution >= 4 is 5.97 Å². The minimum absolute atomic E-state index is 0.112. The number of aromatic nitrogens is 2. The van der Waals surface area contributed by atoms with Crippen LogP contribution in [0, 0.1) is 0 Å². The summed E-state index contributed by atoms with van der Waals surface area (Å²) >= 11 is 0. The Morgan fingerprint density at radius 3 is 3.12 bits per heavy atom. The van der Waals surface area contributed by atoms with Crippen LogP contribution in [0.5, 0.6) is 0 Å². The summed E-state index contributed by atoms with van der Waals surface area (Å²) in [6, 6.07) is 0. The van der Waals surface area contributed by atoms with Crippen molar-refractivity contribution in [2.45, 2.75) is 32.2 Å². The average Bonchev–Trinajstić information content (AvgIpc) is 2.64. The van der Waals surface area contributed by atoms with Gasteiger partial charge >= 0.3 is 5.97 Å². The fraction of sp³-hybridized carbons (Fsp3) is 0.667. The zero-order valence-electron chi connectivity index (χ0n) is 10.2. The highest BCUT2D eigenvalue weighted by atomic mass is 16.5. The number of ether oxygens (including phenoxy) is 1. The number of hydrogen-bond acceptors (Lipinski definition) is 4. The molecule has 0 aliphatic carbocycles. The number of carbonyl (C=O) groups excluding carboxylic acids is 1. The first-order chi connectivity index (χ1) is 8.31. The Kier molecular flexibility index (Phi) is 4.14. The summed E-state index contributed by atoms with van der Waals surface area (Å²) in [5, 5.41) is 3.25. The fourth-order valence-electron chi connectivity index (χ4n) is 1.98. The minimum atomic E-state index is -0.112. The molecule has 0 aromatic carbocycles. The highest BCUT2D eigenvalue weighted by Gasteiger charge is 2.22. The molecule has 94 valence electrons. The number of aryl methyl sites for hydroxylation is 1. The summed E-state index contributed by atoms with van der Waals surface area (Å²) in [7, 11) is 0. The molecule has 0 unspecified atom stereocenters. The lowest BCUT2D eigenvalue weighted by Gasteiger charge is -2.27. The summed E-state index contributed by atoms with van der Waals surface area (Å²) < 4.78 is 7.04. The standard InChI is InChI=1S/C12H19N3O2/c1-2-17-12(16)4-3-5-15-9-14-8-11(15)10-6-13-7-10/h8-10,13H,2-7H2,1H3. The van der Waals surface area contributed by atoms with Crippen molar-refractivity contribution in [1.29, 1.82) is 0 Å². The number of nitrogens with zero attached hydrogens (tertiary/aromatic N) is 2. The van der Waals surface area contributed by atoms with Crippen molar-refractivity contribution in [1.82, 2.24) is 14.9 Å². The molecule has 0 radical (unpaired) electrons. The average molecular weight is 237 g/mol. The molecule has 1 aliphatic heterocycles. The molecule has 1 saturated heterocycles. The summed E-state index contributed by atoms with van der Waals surface area (Å²) in [6.45, 7) is 5.19. The van der Waals surface area contributed by atoms with E-state index in [2.05, 4.69) is 14.9 Å². The molecule has 0 atom stereocenters. The summed E-state index contributed by atoms with van der Waals surface area (Å²) in [5.41, 5.74) is 1.27. The van der Waals surface area contributed by atoms with Crippen molar-refractivity contribution in [3.05, 3.63) is 18.2 Å². The monoisotopic (exact) mass is 237 g/mol. The van der Waals surface area contributed by atoms with Gasteiger partial charge in [-0.1, -0.05) is 0 Å². The van der Waals surface area contributed by atoms with E-state index in [-0.39, 0.29) is 5.97 Å². The first-order valence-corrected chi connectivity index (χ1v) is 6.17. The maximum absolute atomic E-state index is 11.2. The van der Waals surface area contributed by atoms with Crippen LogP contribution in [0.2, 0.25) is 0 Å². The van der Waals surface area contributed by atoms with E-state index in [1.807, 2.05) is 19.4 Å². The van der Waals surface area contributed by atoms with Gasteiger partial charge in [0.2, 0.25) is 0 Å². The third-order valence-corrected chi connectivity index (χ3v) is 3.03. The number of esters is 1. The molecule has 0 amide bonds. The maximum Gasteiger partial charge on any atom is 0.305 e. The van der Waals surface area contributed by atoms with Gasteiger partial charge in [-0.05, 0) is 13.3 Å². The van der Waals surface area contributed by atoms with E-state index in [4.69, 9.17) is 4.74 Å². The van der Waals surface area contributed by atoms with Gasteiger partial charge in [0.1, 0.15) is 0 Å². The Balaban J connectivity index is 1.78. The number of rotatable bonds is 6. The van der Waals surface area contributed by atoms with Crippen LogP contribution in [-0.2, 0) is 16.1 Å². The smallest absolute Gasteiger partial charge is 0.305 e. The van der Waals surface area contributed by atoms with Gasteiger partial charge in [0.25, 0.3) is 0 Å². The highest BCUT2D eigenvalue weighted by Crippen LogP contribution is 2.19. The van der Waals surface area contributed by atoms with E-state index >= 15 is 0 Å². The number of carbonyl (C=O) groups is 1.